The second-order valence-electron chi connectivity index (χ2n) is 5.24. The summed E-state index contributed by atoms with van der Waals surface area (Å²) in [6, 6.07) is 4.79. The van der Waals surface area contributed by atoms with Gasteiger partial charge >= 0.3 is 0 Å². The Morgan fingerprint density at radius 3 is 2.75 bits per heavy atom. The van der Waals surface area contributed by atoms with Crippen LogP contribution in [0.15, 0.2) is 30.5 Å². The fourth-order valence-corrected chi connectivity index (χ4v) is 2.34. The smallest absolute Gasteiger partial charge is 0.251 e. The second kappa shape index (κ2) is 7.31. The molecule has 0 radical (unpaired) electrons. The van der Waals surface area contributed by atoms with E-state index in [2.05, 4.69) is 20.2 Å². The van der Waals surface area contributed by atoms with Gasteiger partial charge in [-0.25, -0.2) is 18.7 Å². The molecule has 1 aliphatic heterocycles. The van der Waals surface area contributed by atoms with E-state index in [0.717, 1.165) is 31.0 Å². The van der Waals surface area contributed by atoms with Crippen molar-refractivity contribution in [3.8, 4) is 0 Å². The Labute approximate surface area is 137 Å². The van der Waals surface area contributed by atoms with Gasteiger partial charge in [0.25, 0.3) is 5.91 Å². The molecule has 1 amide bonds. The van der Waals surface area contributed by atoms with Crippen LogP contribution in [0.5, 0.6) is 0 Å². The molecule has 1 N–H and O–H groups in total. The van der Waals surface area contributed by atoms with Crippen molar-refractivity contribution in [3.05, 3.63) is 53.5 Å². The average Bonchev–Trinajstić information content (AvgIpc) is 2.63. The van der Waals surface area contributed by atoms with Crippen LogP contribution in [-0.2, 0) is 11.3 Å². The molecule has 0 spiro atoms. The van der Waals surface area contributed by atoms with E-state index in [1.54, 1.807) is 12.3 Å². The van der Waals surface area contributed by atoms with E-state index >= 15 is 0 Å². The number of halogens is 2. The minimum absolute atomic E-state index is 0.0400. The van der Waals surface area contributed by atoms with Crippen molar-refractivity contribution < 1.29 is 18.3 Å². The van der Waals surface area contributed by atoms with Gasteiger partial charge in [0.2, 0.25) is 0 Å². The quantitative estimate of drug-likeness (QED) is 0.918. The summed E-state index contributed by atoms with van der Waals surface area (Å²) in [5.74, 6) is -1.36. The lowest BCUT2D eigenvalue weighted by molar-refractivity contribution is 0.0949. The maximum Gasteiger partial charge on any atom is 0.251 e. The van der Waals surface area contributed by atoms with E-state index in [1.807, 2.05) is 0 Å². The number of benzene rings is 1. The molecule has 8 heteroatoms. The molecule has 0 saturated carbocycles. The standard InChI is InChI=1S/C16H16F2N4O2/c17-12-2-1-11(9-13(12)18)16(23)20-10-14-19-4-3-15(21-14)22-5-7-24-8-6-22/h1-4,9H,5-8,10H2,(H,20,23). The molecule has 2 heterocycles. The zero-order chi connectivity index (χ0) is 16.9. The number of nitrogens with one attached hydrogen (secondary N) is 1. The number of rotatable bonds is 4. The highest BCUT2D eigenvalue weighted by Gasteiger charge is 2.14. The van der Waals surface area contributed by atoms with Gasteiger partial charge in [0, 0.05) is 24.8 Å². The SMILES string of the molecule is O=C(NCc1nccc(N2CCOCC2)n1)c1ccc(F)c(F)c1. The van der Waals surface area contributed by atoms with Crippen LogP contribution >= 0.6 is 0 Å². The summed E-state index contributed by atoms with van der Waals surface area (Å²) >= 11 is 0. The van der Waals surface area contributed by atoms with Gasteiger partial charge in [-0.2, -0.15) is 0 Å². The summed E-state index contributed by atoms with van der Waals surface area (Å²) < 4.78 is 31.4. The lowest BCUT2D eigenvalue weighted by atomic mass is 10.2. The molecule has 3 rings (SSSR count). The Bertz CT molecular complexity index is 736. The van der Waals surface area contributed by atoms with Crippen molar-refractivity contribution >= 4 is 11.7 Å². The highest BCUT2D eigenvalue weighted by molar-refractivity contribution is 5.94. The molecular formula is C16H16F2N4O2. The van der Waals surface area contributed by atoms with Crippen LogP contribution in [0.1, 0.15) is 16.2 Å². The molecule has 6 nitrogen and oxygen atoms in total. The van der Waals surface area contributed by atoms with E-state index in [9.17, 15) is 13.6 Å². The van der Waals surface area contributed by atoms with Crippen molar-refractivity contribution in [1.29, 1.82) is 0 Å². The Hall–Kier alpha value is -2.61. The number of anilines is 1. The van der Waals surface area contributed by atoms with Crippen LogP contribution in [0.3, 0.4) is 0 Å². The molecule has 1 fully saturated rings. The zero-order valence-electron chi connectivity index (χ0n) is 12.8. The van der Waals surface area contributed by atoms with E-state index < -0.39 is 17.5 Å². The highest BCUT2D eigenvalue weighted by atomic mass is 19.2. The first-order chi connectivity index (χ1) is 11.6. The molecular weight excluding hydrogens is 318 g/mol. The lowest BCUT2D eigenvalue weighted by Gasteiger charge is -2.27. The minimum atomic E-state index is -1.06. The fraction of sp³-hybridized carbons (Fsp3) is 0.312. The summed E-state index contributed by atoms with van der Waals surface area (Å²) in [5, 5.41) is 2.60. The zero-order valence-corrected chi connectivity index (χ0v) is 12.8. The summed E-state index contributed by atoms with van der Waals surface area (Å²) in [4.78, 5) is 22.6. The van der Waals surface area contributed by atoms with Crippen LogP contribution in [0.4, 0.5) is 14.6 Å². The van der Waals surface area contributed by atoms with Crippen molar-refractivity contribution in [1.82, 2.24) is 15.3 Å². The molecule has 0 unspecified atom stereocenters. The number of carbonyl (C=O) groups is 1. The molecule has 1 aromatic heterocycles. The van der Waals surface area contributed by atoms with Gasteiger partial charge in [-0.3, -0.25) is 4.79 Å². The first kappa shape index (κ1) is 16.3. The highest BCUT2D eigenvalue weighted by Crippen LogP contribution is 2.12. The topological polar surface area (TPSA) is 67.4 Å². The first-order valence-corrected chi connectivity index (χ1v) is 7.51. The molecule has 0 atom stereocenters. The van der Waals surface area contributed by atoms with Gasteiger partial charge in [0.15, 0.2) is 11.6 Å². The minimum Gasteiger partial charge on any atom is -0.378 e. The maximum atomic E-state index is 13.2. The van der Waals surface area contributed by atoms with Crippen LogP contribution in [0.25, 0.3) is 0 Å². The van der Waals surface area contributed by atoms with Gasteiger partial charge < -0.3 is 15.0 Å². The molecule has 1 aliphatic rings. The number of ether oxygens (including phenoxy) is 1. The average molecular weight is 334 g/mol. The predicted octanol–water partition coefficient (Wildman–Crippen LogP) is 1.52. The molecule has 126 valence electrons. The number of amides is 1. The van der Waals surface area contributed by atoms with Gasteiger partial charge in [0.05, 0.1) is 19.8 Å². The number of hydrogen-bond donors (Lipinski definition) is 1. The van der Waals surface area contributed by atoms with Crippen molar-refractivity contribution in [2.45, 2.75) is 6.54 Å². The van der Waals surface area contributed by atoms with Crippen LogP contribution in [0.2, 0.25) is 0 Å². The Balaban J connectivity index is 1.63. The van der Waals surface area contributed by atoms with Crippen molar-refractivity contribution in [3.63, 3.8) is 0 Å². The van der Waals surface area contributed by atoms with Gasteiger partial charge in [-0.1, -0.05) is 0 Å². The fourth-order valence-electron chi connectivity index (χ4n) is 2.34. The number of nitrogens with zero attached hydrogens (tertiary/aromatic N) is 3. The second-order valence-corrected chi connectivity index (χ2v) is 5.24. The summed E-state index contributed by atoms with van der Waals surface area (Å²) in [6.45, 7) is 2.88. The van der Waals surface area contributed by atoms with Gasteiger partial charge in [0.1, 0.15) is 11.6 Å². The van der Waals surface area contributed by atoms with Crippen LogP contribution < -0.4 is 10.2 Å². The number of hydrogen-bond acceptors (Lipinski definition) is 5. The molecule has 1 aromatic carbocycles. The maximum absolute atomic E-state index is 13.2. The van der Waals surface area contributed by atoms with Crippen LogP contribution in [-0.4, -0.2) is 42.2 Å². The van der Waals surface area contributed by atoms with E-state index in [4.69, 9.17) is 4.74 Å². The van der Waals surface area contributed by atoms with E-state index in [0.29, 0.717) is 19.0 Å². The normalized spacial score (nSPS) is 14.5. The monoisotopic (exact) mass is 334 g/mol. The summed E-state index contributed by atoms with van der Waals surface area (Å²) in [7, 11) is 0. The number of aromatic nitrogens is 2. The van der Waals surface area contributed by atoms with Crippen molar-refractivity contribution in [2.75, 3.05) is 31.2 Å². The van der Waals surface area contributed by atoms with E-state index in [1.165, 1.54) is 6.07 Å². The summed E-state index contributed by atoms with van der Waals surface area (Å²) in [6.07, 6.45) is 1.62. The largest absolute Gasteiger partial charge is 0.378 e. The lowest BCUT2D eigenvalue weighted by Crippen LogP contribution is -2.37. The third-order valence-electron chi connectivity index (χ3n) is 3.61. The van der Waals surface area contributed by atoms with Gasteiger partial charge in [-0.15, -0.1) is 0 Å². The van der Waals surface area contributed by atoms with Crippen molar-refractivity contribution in [2.24, 2.45) is 0 Å². The Kier molecular flexibility index (Phi) is 4.95. The number of morpholine rings is 1. The molecule has 24 heavy (non-hydrogen) atoms. The predicted molar refractivity (Wildman–Crippen MR) is 82.6 cm³/mol. The third-order valence-corrected chi connectivity index (χ3v) is 3.61. The molecule has 1 saturated heterocycles. The summed E-state index contributed by atoms with van der Waals surface area (Å²) in [5.41, 5.74) is 0.0400. The first-order valence-electron chi connectivity index (χ1n) is 7.51. The molecule has 0 bridgehead atoms. The molecule has 0 aliphatic carbocycles. The Morgan fingerprint density at radius 1 is 1.21 bits per heavy atom. The third kappa shape index (κ3) is 3.83. The molecule has 2 aromatic rings. The Morgan fingerprint density at radius 2 is 2.00 bits per heavy atom. The number of carbonyl (C=O) groups excluding carboxylic acids is 1. The van der Waals surface area contributed by atoms with E-state index in [-0.39, 0.29) is 12.1 Å². The van der Waals surface area contributed by atoms with Gasteiger partial charge in [-0.05, 0) is 24.3 Å². The van der Waals surface area contributed by atoms with Crippen LogP contribution in [0, 0.1) is 11.6 Å².